The fourth-order valence-electron chi connectivity index (χ4n) is 0. The van der Waals surface area contributed by atoms with E-state index < -0.39 is 0 Å². The van der Waals surface area contributed by atoms with E-state index in [1.54, 1.807) is 0 Å². The predicted octanol–water partition coefficient (Wildman–Crippen LogP) is 2.59. The molecule has 2 unspecified atom stereocenters. The molecule has 46 valence electrons. The lowest BCUT2D eigenvalue weighted by molar-refractivity contribution is 0.598. The quantitative estimate of drug-likeness (QED) is 0.498. The lowest BCUT2D eigenvalue weighted by Gasteiger charge is -1.64. The standard InChI is InChI=1S/C2H4BrOP.2ClH/c1-2(3)5-4;;/h2H,1H3;2*1H/p+1. The summed E-state index contributed by atoms with van der Waals surface area (Å²) in [5.74, 6) is 0. The van der Waals surface area contributed by atoms with E-state index >= 15 is 0 Å². The van der Waals surface area contributed by atoms with Gasteiger partial charge in [0.05, 0.1) is 0 Å². The highest BCUT2D eigenvalue weighted by atomic mass is 79.9. The molecule has 2 atom stereocenters. The highest BCUT2D eigenvalue weighted by Gasteiger charge is 1.95. The molecule has 1 nitrogen and oxygen atoms in total. The molecule has 0 aromatic carbocycles. The second-order valence-electron chi connectivity index (χ2n) is 0.734. The van der Waals surface area contributed by atoms with Gasteiger partial charge in [-0.2, -0.15) is 0 Å². The predicted molar refractivity (Wildman–Crippen MR) is 41.9 cm³/mol. The Balaban J connectivity index is -0.0000000800. The van der Waals surface area contributed by atoms with Crippen molar-refractivity contribution >= 4 is 49.2 Å². The molecule has 0 aliphatic carbocycles. The third-order valence-corrected chi connectivity index (χ3v) is 1.05. The topological polar surface area (TPSA) is 17.1 Å². The summed E-state index contributed by atoms with van der Waals surface area (Å²) < 4.78 is 9.78. The Labute approximate surface area is 65.4 Å². The highest BCUT2D eigenvalue weighted by Crippen LogP contribution is 2.10. The maximum absolute atomic E-state index is 9.61. The van der Waals surface area contributed by atoms with Crippen LogP contribution in [0.1, 0.15) is 6.92 Å². The van der Waals surface area contributed by atoms with E-state index in [-0.39, 0.29) is 37.8 Å². The first kappa shape index (κ1) is 15.7. The first-order valence-corrected chi connectivity index (χ1v) is 3.19. The maximum Gasteiger partial charge on any atom is 0.338 e. The van der Waals surface area contributed by atoms with E-state index in [0.29, 0.717) is 0 Å². The highest BCUT2D eigenvalue weighted by molar-refractivity contribution is 9.10. The first-order chi connectivity index (χ1) is 2.27. The van der Waals surface area contributed by atoms with Crippen LogP contribution in [-0.2, 0) is 4.57 Å². The molecule has 0 N–H and O–H groups in total. The van der Waals surface area contributed by atoms with Gasteiger partial charge in [0.15, 0.2) is 0 Å². The summed E-state index contributed by atoms with van der Waals surface area (Å²) in [6, 6.07) is 0. The second kappa shape index (κ2) is 10.2. The summed E-state index contributed by atoms with van der Waals surface area (Å²) in [5.41, 5.74) is 0. The van der Waals surface area contributed by atoms with E-state index in [4.69, 9.17) is 0 Å². The van der Waals surface area contributed by atoms with Gasteiger partial charge in [0.1, 0.15) is 0 Å². The molecule has 0 aromatic heterocycles. The molecule has 0 bridgehead atoms. The molecule has 0 saturated heterocycles. The normalized spacial score (nSPS) is 11.1. The van der Waals surface area contributed by atoms with Crippen LogP contribution in [-0.4, -0.2) is 4.57 Å². The fourth-order valence-corrected chi connectivity index (χ4v) is 0. The molecule has 5 heteroatoms. The SMILES string of the molecule is CC(Br)[PH+]=O.Cl.Cl. The van der Waals surface area contributed by atoms with Gasteiger partial charge in [0, 0.05) is 0 Å². The fraction of sp³-hybridized carbons (Fsp3) is 1.00. The van der Waals surface area contributed by atoms with Gasteiger partial charge < -0.3 is 0 Å². The number of alkyl halides is 1. The third-order valence-electron chi connectivity index (χ3n) is 0.162. The van der Waals surface area contributed by atoms with Gasteiger partial charge in [0.2, 0.25) is 4.57 Å². The van der Waals surface area contributed by atoms with Crippen molar-refractivity contribution in [2.24, 2.45) is 0 Å². The van der Waals surface area contributed by atoms with Crippen LogP contribution in [0, 0.1) is 0 Å². The molecule has 0 heterocycles. The Morgan fingerprint density at radius 3 is 1.71 bits per heavy atom. The number of rotatable bonds is 1. The first-order valence-electron chi connectivity index (χ1n) is 1.29. The van der Waals surface area contributed by atoms with Gasteiger partial charge in [-0.25, -0.2) is 0 Å². The van der Waals surface area contributed by atoms with E-state index in [2.05, 4.69) is 15.9 Å². The van der Waals surface area contributed by atoms with Crippen LogP contribution in [0.5, 0.6) is 0 Å². The molecule has 0 spiro atoms. The Morgan fingerprint density at radius 2 is 1.71 bits per heavy atom. The van der Waals surface area contributed by atoms with Crippen molar-refractivity contribution in [3.8, 4) is 0 Å². The molecule has 0 fully saturated rings. The number of hydrogen-bond acceptors (Lipinski definition) is 1. The minimum atomic E-state index is -0.219. The Bertz CT molecular complexity index is 42.7. The summed E-state index contributed by atoms with van der Waals surface area (Å²) in [6.45, 7) is 1.84. The van der Waals surface area contributed by atoms with Crippen molar-refractivity contribution < 1.29 is 4.57 Å². The smallest absolute Gasteiger partial charge is 0.147 e. The van der Waals surface area contributed by atoms with Crippen LogP contribution in [0.2, 0.25) is 0 Å². The van der Waals surface area contributed by atoms with Gasteiger partial charge in [-0.1, -0.05) is 4.57 Å². The molecule has 0 aliphatic rings. The van der Waals surface area contributed by atoms with Crippen molar-refractivity contribution in [2.75, 3.05) is 0 Å². The second-order valence-corrected chi connectivity index (χ2v) is 4.05. The van der Waals surface area contributed by atoms with E-state index in [0.717, 1.165) is 0 Å². The molecule has 0 radical (unpaired) electrons. The lowest BCUT2D eigenvalue weighted by Crippen LogP contribution is -1.63. The van der Waals surface area contributed by atoms with Crippen LogP contribution in [0.15, 0.2) is 0 Å². The summed E-state index contributed by atoms with van der Waals surface area (Å²) in [4.78, 5) is 0. The molecule has 7 heavy (non-hydrogen) atoms. The molecule has 0 rings (SSSR count). The van der Waals surface area contributed by atoms with Crippen LogP contribution < -0.4 is 0 Å². The van der Waals surface area contributed by atoms with Crippen molar-refractivity contribution in [1.29, 1.82) is 0 Å². The summed E-state index contributed by atoms with van der Waals surface area (Å²) in [7, 11) is -0.219. The largest absolute Gasteiger partial charge is 0.338 e. The lowest BCUT2D eigenvalue weighted by atomic mass is 11.0. The monoisotopic (exact) mass is 227 g/mol. The van der Waals surface area contributed by atoms with Crippen LogP contribution in [0.3, 0.4) is 0 Å². The number of hydrogen-bond donors (Lipinski definition) is 0. The molecule has 0 saturated carbocycles. The molecular formula is C2H7BrCl2OP+. The van der Waals surface area contributed by atoms with Crippen molar-refractivity contribution in [1.82, 2.24) is 0 Å². The Hall–Kier alpha value is 1.16. The van der Waals surface area contributed by atoms with Crippen molar-refractivity contribution in [3.05, 3.63) is 0 Å². The molecular weight excluding hydrogens is 222 g/mol. The van der Waals surface area contributed by atoms with Crippen molar-refractivity contribution in [3.63, 3.8) is 0 Å². The minimum absolute atomic E-state index is 0. The molecule has 0 aromatic rings. The molecule has 0 aliphatic heterocycles. The van der Waals surface area contributed by atoms with Gasteiger partial charge in [-0.3, -0.25) is 0 Å². The van der Waals surface area contributed by atoms with Gasteiger partial charge in [-0.05, 0) is 22.9 Å². The zero-order valence-electron chi connectivity index (χ0n) is 3.68. The zero-order valence-corrected chi connectivity index (χ0v) is 7.90. The molecule has 0 amide bonds. The zero-order chi connectivity index (χ0) is 4.28. The van der Waals surface area contributed by atoms with E-state index in [9.17, 15) is 4.57 Å². The number of halogens is 3. The van der Waals surface area contributed by atoms with Crippen molar-refractivity contribution in [2.45, 2.75) is 11.5 Å². The Kier molecular flexibility index (Phi) is 22.9. The third kappa shape index (κ3) is 19.1. The summed E-state index contributed by atoms with van der Waals surface area (Å²) in [5, 5.41) is 0. The summed E-state index contributed by atoms with van der Waals surface area (Å²) in [6.07, 6.45) is 0. The van der Waals surface area contributed by atoms with E-state index in [1.165, 1.54) is 0 Å². The van der Waals surface area contributed by atoms with Crippen LogP contribution in [0.4, 0.5) is 0 Å². The van der Waals surface area contributed by atoms with E-state index in [1.807, 2.05) is 6.92 Å². The maximum atomic E-state index is 9.61. The summed E-state index contributed by atoms with van der Waals surface area (Å²) >= 11 is 3.07. The van der Waals surface area contributed by atoms with Gasteiger partial charge >= 0.3 is 8.46 Å². The van der Waals surface area contributed by atoms with Crippen LogP contribution >= 0.6 is 49.2 Å². The Morgan fingerprint density at radius 1 is 1.57 bits per heavy atom. The van der Waals surface area contributed by atoms with Gasteiger partial charge in [-0.15, -0.1) is 24.8 Å². The average molecular weight is 229 g/mol. The minimum Gasteiger partial charge on any atom is -0.147 e. The van der Waals surface area contributed by atoms with Gasteiger partial charge in [0.25, 0.3) is 0 Å². The average Bonchev–Trinajstić information content (AvgIpc) is 1.38. The van der Waals surface area contributed by atoms with Crippen LogP contribution in [0.25, 0.3) is 0 Å².